The Morgan fingerprint density at radius 2 is 1.93 bits per heavy atom. The van der Waals surface area contributed by atoms with Gasteiger partial charge in [0.05, 0.1) is 30.8 Å². The van der Waals surface area contributed by atoms with Gasteiger partial charge < -0.3 is 9.47 Å². The summed E-state index contributed by atoms with van der Waals surface area (Å²) >= 11 is 3.33. The number of hydrogen-bond donors (Lipinski definition) is 0. The van der Waals surface area contributed by atoms with Crippen LogP contribution in [0.2, 0.25) is 0 Å². The van der Waals surface area contributed by atoms with Crippen LogP contribution in [0.25, 0.3) is 10.8 Å². The molecule has 1 aliphatic rings. The van der Waals surface area contributed by atoms with Crippen molar-refractivity contribution >= 4 is 26.7 Å². The molecule has 1 saturated carbocycles. The van der Waals surface area contributed by atoms with Gasteiger partial charge in [-0.25, -0.2) is 13.5 Å². The van der Waals surface area contributed by atoms with Crippen LogP contribution in [0.5, 0.6) is 11.6 Å². The molecule has 27 heavy (non-hydrogen) atoms. The highest BCUT2D eigenvalue weighted by Gasteiger charge is 2.60. The molecule has 3 aromatic rings. The minimum Gasteiger partial charge on any atom is -0.497 e. The zero-order chi connectivity index (χ0) is 19.2. The van der Waals surface area contributed by atoms with Crippen molar-refractivity contribution in [1.29, 1.82) is 0 Å². The largest absolute Gasteiger partial charge is 0.497 e. The Balaban J connectivity index is 1.76. The summed E-state index contributed by atoms with van der Waals surface area (Å²) in [7, 11) is 1.57. The first kappa shape index (κ1) is 17.9. The zero-order valence-electron chi connectivity index (χ0n) is 14.3. The van der Waals surface area contributed by atoms with Gasteiger partial charge in [-0.05, 0) is 35.9 Å². The molecule has 0 saturated heterocycles. The van der Waals surface area contributed by atoms with Crippen LogP contribution in [-0.4, -0.2) is 28.9 Å². The molecule has 2 aromatic carbocycles. The highest BCUT2D eigenvalue weighted by molar-refractivity contribution is 9.10. The summed E-state index contributed by atoms with van der Waals surface area (Å²) in [6.45, 7) is 0.187. The Hall–Kier alpha value is -2.48. The molecule has 0 N–H and O–H groups in total. The number of ether oxygens (including phenoxy) is 2. The molecular weight excluding hydrogens is 422 g/mol. The first-order valence-corrected chi connectivity index (χ1v) is 9.04. The van der Waals surface area contributed by atoms with E-state index in [1.54, 1.807) is 37.4 Å². The summed E-state index contributed by atoms with van der Waals surface area (Å²) in [6, 6.07) is 12.2. The molecule has 8 heteroatoms. The van der Waals surface area contributed by atoms with E-state index < -0.39 is 12.0 Å². The number of hydrogen-bond acceptors (Lipinski definition) is 4. The fraction of sp³-hybridized carbons (Fsp3) is 0.263. The fourth-order valence-electron chi connectivity index (χ4n) is 2.78. The maximum absolute atomic E-state index is 13.3. The number of nitrogens with zero attached hydrogens (tertiary/aromatic N) is 2. The van der Waals surface area contributed by atoms with E-state index in [0.29, 0.717) is 21.0 Å². The van der Waals surface area contributed by atoms with Gasteiger partial charge in [-0.1, -0.05) is 28.1 Å². The predicted octanol–water partition coefficient (Wildman–Crippen LogP) is 4.00. The monoisotopic (exact) mass is 436 g/mol. The Bertz CT molecular complexity index is 1070. The van der Waals surface area contributed by atoms with Crippen LogP contribution < -0.4 is 15.0 Å². The standard InChI is InChI=1S/C19H15BrF2N2O3/c1-26-13-5-2-11(3-6-13)10-24-18(25)14-7-4-12(20)8-15(14)17(23-24)27-16-9-19(16,21)22/h2-8,16H,9-10H2,1H3. The van der Waals surface area contributed by atoms with Crippen molar-refractivity contribution in [2.45, 2.75) is 25.0 Å². The number of methoxy groups -OCH3 is 1. The third kappa shape index (κ3) is 3.53. The van der Waals surface area contributed by atoms with Crippen LogP contribution in [-0.2, 0) is 6.54 Å². The lowest BCUT2D eigenvalue weighted by atomic mass is 10.2. The van der Waals surface area contributed by atoms with Gasteiger partial charge in [-0.15, -0.1) is 5.10 Å². The second kappa shape index (κ2) is 6.60. The van der Waals surface area contributed by atoms with E-state index in [1.165, 1.54) is 4.68 Å². The topological polar surface area (TPSA) is 53.4 Å². The SMILES string of the molecule is COc1ccc(Cn2nc(OC3CC3(F)F)c3cc(Br)ccc3c2=O)cc1. The Morgan fingerprint density at radius 3 is 2.56 bits per heavy atom. The maximum Gasteiger partial charge on any atom is 0.288 e. The molecule has 0 aliphatic heterocycles. The highest BCUT2D eigenvalue weighted by Crippen LogP contribution is 2.45. The number of halogens is 3. The van der Waals surface area contributed by atoms with Crippen molar-refractivity contribution in [3.8, 4) is 11.6 Å². The molecule has 4 rings (SSSR count). The van der Waals surface area contributed by atoms with Gasteiger partial charge in [0.15, 0.2) is 6.10 Å². The first-order chi connectivity index (χ1) is 12.9. The molecule has 0 radical (unpaired) electrons. The summed E-state index contributed by atoms with van der Waals surface area (Å²) in [5, 5.41) is 4.99. The maximum atomic E-state index is 13.3. The lowest BCUT2D eigenvalue weighted by molar-refractivity contribution is 0.0647. The smallest absolute Gasteiger partial charge is 0.288 e. The van der Waals surface area contributed by atoms with Crippen molar-refractivity contribution in [3.63, 3.8) is 0 Å². The van der Waals surface area contributed by atoms with Crippen molar-refractivity contribution in [1.82, 2.24) is 9.78 Å². The summed E-state index contributed by atoms with van der Waals surface area (Å²) in [5.41, 5.74) is 0.507. The lowest BCUT2D eigenvalue weighted by Crippen LogP contribution is -2.25. The van der Waals surface area contributed by atoms with E-state index in [9.17, 15) is 13.6 Å². The molecule has 0 bridgehead atoms. The molecule has 0 amide bonds. The fourth-order valence-corrected chi connectivity index (χ4v) is 3.14. The molecule has 1 atom stereocenters. The van der Waals surface area contributed by atoms with Crippen LogP contribution in [0.15, 0.2) is 51.7 Å². The van der Waals surface area contributed by atoms with Gasteiger partial charge in [0.1, 0.15) is 5.75 Å². The van der Waals surface area contributed by atoms with E-state index in [1.807, 2.05) is 12.1 Å². The molecular formula is C19H15BrF2N2O3. The first-order valence-electron chi connectivity index (χ1n) is 8.25. The normalized spacial score (nSPS) is 17.7. The summed E-state index contributed by atoms with van der Waals surface area (Å²) in [6.07, 6.45) is -1.55. The molecule has 1 heterocycles. The number of alkyl halides is 2. The molecule has 1 aromatic heterocycles. The zero-order valence-corrected chi connectivity index (χ0v) is 15.9. The number of rotatable bonds is 5. The summed E-state index contributed by atoms with van der Waals surface area (Å²) in [4.78, 5) is 12.8. The second-order valence-electron chi connectivity index (χ2n) is 6.38. The van der Waals surface area contributed by atoms with Crippen molar-refractivity contribution in [2.75, 3.05) is 7.11 Å². The van der Waals surface area contributed by atoms with Crippen LogP contribution in [0.1, 0.15) is 12.0 Å². The third-order valence-electron chi connectivity index (χ3n) is 4.40. The van der Waals surface area contributed by atoms with Crippen LogP contribution in [0.3, 0.4) is 0 Å². The van der Waals surface area contributed by atoms with Crippen LogP contribution in [0, 0.1) is 0 Å². The lowest BCUT2D eigenvalue weighted by Gasteiger charge is -2.12. The van der Waals surface area contributed by atoms with Crippen molar-refractivity contribution in [2.24, 2.45) is 0 Å². The van der Waals surface area contributed by atoms with Gasteiger partial charge in [0.25, 0.3) is 11.5 Å². The minimum atomic E-state index is -2.85. The van der Waals surface area contributed by atoms with Gasteiger partial charge in [-0.2, -0.15) is 0 Å². The molecule has 1 aliphatic carbocycles. The minimum absolute atomic E-state index is 0.0292. The summed E-state index contributed by atoms with van der Waals surface area (Å²) < 4.78 is 39.1. The van der Waals surface area contributed by atoms with E-state index in [0.717, 1.165) is 5.56 Å². The van der Waals surface area contributed by atoms with Crippen molar-refractivity contribution in [3.05, 3.63) is 62.9 Å². The quantitative estimate of drug-likeness (QED) is 0.606. The molecule has 1 fully saturated rings. The highest BCUT2D eigenvalue weighted by atomic mass is 79.9. The van der Waals surface area contributed by atoms with Gasteiger partial charge in [0, 0.05) is 4.47 Å². The average molecular weight is 437 g/mol. The average Bonchev–Trinajstić information content (AvgIpc) is 3.25. The van der Waals surface area contributed by atoms with E-state index >= 15 is 0 Å². The molecule has 5 nitrogen and oxygen atoms in total. The molecule has 0 spiro atoms. The van der Waals surface area contributed by atoms with Crippen molar-refractivity contribution < 1.29 is 18.3 Å². The Labute approximate surface area is 161 Å². The molecule has 140 valence electrons. The predicted molar refractivity (Wildman–Crippen MR) is 99.8 cm³/mol. The van der Waals surface area contributed by atoms with Gasteiger partial charge in [-0.3, -0.25) is 4.79 Å². The molecule has 1 unspecified atom stereocenters. The number of benzene rings is 2. The van der Waals surface area contributed by atoms with E-state index in [-0.39, 0.29) is 24.4 Å². The number of fused-ring (bicyclic) bond motifs is 1. The third-order valence-corrected chi connectivity index (χ3v) is 4.90. The van der Waals surface area contributed by atoms with E-state index in [4.69, 9.17) is 9.47 Å². The van der Waals surface area contributed by atoms with Crippen LogP contribution in [0.4, 0.5) is 8.78 Å². The van der Waals surface area contributed by atoms with Gasteiger partial charge >= 0.3 is 0 Å². The van der Waals surface area contributed by atoms with Crippen LogP contribution >= 0.6 is 15.9 Å². The second-order valence-corrected chi connectivity index (χ2v) is 7.29. The van der Waals surface area contributed by atoms with Gasteiger partial charge in [0.2, 0.25) is 5.88 Å². The Morgan fingerprint density at radius 1 is 1.22 bits per heavy atom. The Kier molecular flexibility index (Phi) is 4.38. The number of aromatic nitrogens is 2. The summed E-state index contributed by atoms with van der Waals surface area (Å²) in [5.74, 6) is -2.12. The van der Waals surface area contributed by atoms with E-state index in [2.05, 4.69) is 21.0 Å².